The Hall–Kier alpha value is -0.760. The second-order valence-corrected chi connectivity index (χ2v) is 5.01. The van der Waals surface area contributed by atoms with Crippen LogP contribution in [0, 0.1) is 11.8 Å². The zero-order chi connectivity index (χ0) is 10.7. The highest BCUT2D eigenvalue weighted by atomic mass is 16.3. The van der Waals surface area contributed by atoms with Crippen LogP contribution < -0.4 is 5.32 Å². The number of rotatable bonds is 3. The fourth-order valence-corrected chi connectivity index (χ4v) is 2.46. The predicted molar refractivity (Wildman–Crippen MR) is 61.5 cm³/mol. The summed E-state index contributed by atoms with van der Waals surface area (Å²) in [5.74, 6) is 1.69. The summed E-state index contributed by atoms with van der Waals surface area (Å²) in [4.78, 5) is 0. The third kappa shape index (κ3) is 2.85. The lowest BCUT2D eigenvalue weighted by molar-refractivity contribution is 0.227. The first-order valence-electron chi connectivity index (χ1n) is 6.00. The first kappa shape index (κ1) is 10.7. The van der Waals surface area contributed by atoms with E-state index in [-0.39, 0.29) is 0 Å². The third-order valence-corrected chi connectivity index (χ3v) is 3.61. The molecule has 1 saturated carbocycles. The van der Waals surface area contributed by atoms with Gasteiger partial charge in [0.25, 0.3) is 0 Å². The minimum atomic E-state index is 0.684. The van der Waals surface area contributed by atoms with E-state index in [1.54, 1.807) is 6.26 Å². The number of nitrogens with one attached hydrogen (secondary N) is 1. The fraction of sp³-hybridized carbons (Fsp3) is 0.692. The molecule has 0 aromatic carbocycles. The molecule has 0 radical (unpaired) electrons. The van der Waals surface area contributed by atoms with E-state index in [1.165, 1.54) is 24.8 Å². The minimum absolute atomic E-state index is 0.684. The van der Waals surface area contributed by atoms with Crippen molar-refractivity contribution in [3.05, 3.63) is 24.2 Å². The molecule has 1 heterocycles. The van der Waals surface area contributed by atoms with E-state index in [9.17, 15) is 0 Å². The number of hydrogen-bond donors (Lipinski definition) is 1. The molecule has 0 bridgehead atoms. The maximum absolute atomic E-state index is 5.06. The normalized spacial score (nSPS) is 31.7. The standard InChI is InChI=1S/C13H21NO/c1-10-3-4-11(2)13(7-10)14-8-12-5-6-15-9-12/h5-6,9-11,13-14H,3-4,7-8H2,1-2H3. The number of furan rings is 1. The van der Waals surface area contributed by atoms with E-state index in [0.29, 0.717) is 6.04 Å². The second kappa shape index (κ2) is 4.84. The first-order chi connectivity index (χ1) is 7.25. The predicted octanol–water partition coefficient (Wildman–Crippen LogP) is 3.19. The summed E-state index contributed by atoms with van der Waals surface area (Å²) in [5.41, 5.74) is 1.25. The highest BCUT2D eigenvalue weighted by Gasteiger charge is 2.24. The van der Waals surface area contributed by atoms with Crippen LogP contribution in [0.3, 0.4) is 0 Å². The molecule has 1 aromatic rings. The Balaban J connectivity index is 1.82. The van der Waals surface area contributed by atoms with Crippen molar-refractivity contribution >= 4 is 0 Å². The fourth-order valence-electron chi connectivity index (χ4n) is 2.46. The van der Waals surface area contributed by atoms with Crippen molar-refractivity contribution in [1.82, 2.24) is 5.32 Å². The Labute approximate surface area is 92.1 Å². The van der Waals surface area contributed by atoms with Crippen LogP contribution in [0.1, 0.15) is 38.7 Å². The van der Waals surface area contributed by atoms with Crippen LogP contribution in [0.2, 0.25) is 0 Å². The molecule has 1 fully saturated rings. The van der Waals surface area contributed by atoms with E-state index in [1.807, 2.05) is 12.3 Å². The topological polar surface area (TPSA) is 25.2 Å². The van der Waals surface area contributed by atoms with Crippen molar-refractivity contribution in [2.24, 2.45) is 11.8 Å². The van der Waals surface area contributed by atoms with E-state index in [4.69, 9.17) is 4.42 Å². The lowest BCUT2D eigenvalue weighted by Gasteiger charge is -2.33. The number of hydrogen-bond acceptors (Lipinski definition) is 2. The van der Waals surface area contributed by atoms with Crippen LogP contribution in [-0.4, -0.2) is 6.04 Å². The molecule has 0 amide bonds. The van der Waals surface area contributed by atoms with Crippen LogP contribution in [0.4, 0.5) is 0 Å². The van der Waals surface area contributed by atoms with Gasteiger partial charge in [-0.3, -0.25) is 0 Å². The molecule has 0 saturated heterocycles. The summed E-state index contributed by atoms with van der Waals surface area (Å²) in [6.07, 6.45) is 7.64. The molecule has 15 heavy (non-hydrogen) atoms. The van der Waals surface area contributed by atoms with Gasteiger partial charge in [-0.2, -0.15) is 0 Å². The van der Waals surface area contributed by atoms with Gasteiger partial charge in [-0.15, -0.1) is 0 Å². The Kier molecular flexibility index (Phi) is 3.47. The molecule has 0 spiro atoms. The summed E-state index contributed by atoms with van der Waals surface area (Å²) in [6.45, 7) is 5.66. The van der Waals surface area contributed by atoms with E-state index in [0.717, 1.165) is 18.4 Å². The van der Waals surface area contributed by atoms with Crippen molar-refractivity contribution in [2.75, 3.05) is 0 Å². The maximum atomic E-state index is 5.06. The molecule has 1 aromatic heterocycles. The molecular formula is C13H21NO. The maximum Gasteiger partial charge on any atom is 0.0947 e. The van der Waals surface area contributed by atoms with Gasteiger partial charge in [0.15, 0.2) is 0 Å². The van der Waals surface area contributed by atoms with Crippen molar-refractivity contribution in [2.45, 2.75) is 45.7 Å². The monoisotopic (exact) mass is 207 g/mol. The summed E-state index contributed by atoms with van der Waals surface area (Å²) in [6, 6.07) is 2.72. The highest BCUT2D eigenvalue weighted by molar-refractivity contribution is 5.05. The molecule has 84 valence electrons. The Morgan fingerprint density at radius 1 is 1.40 bits per heavy atom. The van der Waals surface area contributed by atoms with Gasteiger partial charge < -0.3 is 9.73 Å². The first-order valence-corrected chi connectivity index (χ1v) is 6.00. The molecule has 2 heteroatoms. The average molecular weight is 207 g/mol. The van der Waals surface area contributed by atoms with Gasteiger partial charge >= 0.3 is 0 Å². The summed E-state index contributed by atoms with van der Waals surface area (Å²) >= 11 is 0. The second-order valence-electron chi connectivity index (χ2n) is 5.01. The van der Waals surface area contributed by atoms with Crippen LogP contribution in [0.25, 0.3) is 0 Å². The molecule has 2 nitrogen and oxygen atoms in total. The smallest absolute Gasteiger partial charge is 0.0947 e. The third-order valence-electron chi connectivity index (χ3n) is 3.61. The van der Waals surface area contributed by atoms with Crippen LogP contribution in [0.15, 0.2) is 23.0 Å². The summed E-state index contributed by atoms with van der Waals surface area (Å²) in [5, 5.41) is 3.64. The molecule has 1 aliphatic carbocycles. The summed E-state index contributed by atoms with van der Waals surface area (Å²) < 4.78 is 5.06. The Morgan fingerprint density at radius 2 is 2.27 bits per heavy atom. The minimum Gasteiger partial charge on any atom is -0.472 e. The van der Waals surface area contributed by atoms with E-state index in [2.05, 4.69) is 19.2 Å². The molecular weight excluding hydrogens is 186 g/mol. The molecule has 3 atom stereocenters. The zero-order valence-electron chi connectivity index (χ0n) is 9.70. The van der Waals surface area contributed by atoms with Crippen molar-refractivity contribution in [3.8, 4) is 0 Å². The van der Waals surface area contributed by atoms with Gasteiger partial charge in [-0.25, -0.2) is 0 Å². The van der Waals surface area contributed by atoms with Gasteiger partial charge in [-0.05, 0) is 30.7 Å². The van der Waals surface area contributed by atoms with Crippen molar-refractivity contribution in [3.63, 3.8) is 0 Å². The summed E-state index contributed by atoms with van der Waals surface area (Å²) in [7, 11) is 0. The van der Waals surface area contributed by atoms with Crippen LogP contribution >= 0.6 is 0 Å². The van der Waals surface area contributed by atoms with Gasteiger partial charge in [0, 0.05) is 18.2 Å². The lowest BCUT2D eigenvalue weighted by atomic mass is 9.80. The van der Waals surface area contributed by atoms with Crippen LogP contribution in [0.5, 0.6) is 0 Å². The van der Waals surface area contributed by atoms with E-state index < -0.39 is 0 Å². The van der Waals surface area contributed by atoms with Crippen molar-refractivity contribution < 1.29 is 4.42 Å². The Morgan fingerprint density at radius 3 is 3.00 bits per heavy atom. The lowest BCUT2D eigenvalue weighted by Crippen LogP contribution is -2.38. The quantitative estimate of drug-likeness (QED) is 0.823. The molecule has 1 N–H and O–H groups in total. The van der Waals surface area contributed by atoms with Crippen molar-refractivity contribution in [1.29, 1.82) is 0 Å². The molecule has 3 unspecified atom stereocenters. The SMILES string of the molecule is CC1CCC(C)C(NCc2ccoc2)C1. The van der Waals surface area contributed by atoms with E-state index >= 15 is 0 Å². The highest BCUT2D eigenvalue weighted by Crippen LogP contribution is 2.28. The van der Waals surface area contributed by atoms with Gasteiger partial charge in [0.1, 0.15) is 0 Å². The molecule has 0 aliphatic heterocycles. The van der Waals surface area contributed by atoms with Gasteiger partial charge in [0.2, 0.25) is 0 Å². The van der Waals surface area contributed by atoms with Gasteiger partial charge in [-0.1, -0.05) is 20.3 Å². The average Bonchev–Trinajstić information content (AvgIpc) is 2.72. The molecule has 2 rings (SSSR count). The van der Waals surface area contributed by atoms with Gasteiger partial charge in [0.05, 0.1) is 12.5 Å². The Bertz CT molecular complexity index is 281. The zero-order valence-corrected chi connectivity index (χ0v) is 9.70. The largest absolute Gasteiger partial charge is 0.472 e. The van der Waals surface area contributed by atoms with Crippen LogP contribution in [-0.2, 0) is 6.54 Å². The molecule has 1 aliphatic rings.